The summed E-state index contributed by atoms with van der Waals surface area (Å²) in [5.41, 5.74) is 1.33. The smallest absolute Gasteiger partial charge is 0.264 e. The van der Waals surface area contributed by atoms with Crippen LogP contribution in [0.5, 0.6) is 5.75 Å². The molecule has 0 radical (unpaired) electrons. The number of nitrogens with zero attached hydrogens (tertiary/aromatic N) is 3. The van der Waals surface area contributed by atoms with Gasteiger partial charge in [0.1, 0.15) is 17.6 Å². The number of carbonyl (C=O) groups excluding carboxylic acids is 1. The van der Waals surface area contributed by atoms with Crippen LogP contribution in [-0.2, 0) is 17.3 Å². The molecule has 1 saturated heterocycles. The van der Waals surface area contributed by atoms with Crippen molar-refractivity contribution in [2.45, 2.75) is 45.3 Å². The average molecular weight is 407 g/mol. The van der Waals surface area contributed by atoms with E-state index in [1.165, 1.54) is 5.56 Å². The molecule has 1 aliphatic heterocycles. The van der Waals surface area contributed by atoms with Crippen molar-refractivity contribution in [1.82, 2.24) is 19.8 Å². The zero-order valence-electron chi connectivity index (χ0n) is 17.3. The Labute approximate surface area is 173 Å². The minimum absolute atomic E-state index is 0. The Balaban J connectivity index is 0.00000280. The number of hydrogen-bond donors (Lipinski definition) is 1. The van der Waals surface area contributed by atoms with E-state index in [4.69, 9.17) is 4.74 Å². The van der Waals surface area contributed by atoms with Gasteiger partial charge in [-0.15, -0.1) is 12.4 Å². The quantitative estimate of drug-likeness (QED) is 0.847. The first kappa shape index (κ1) is 22.2. The Bertz CT molecular complexity index is 782. The van der Waals surface area contributed by atoms with Crippen molar-refractivity contribution in [3.63, 3.8) is 0 Å². The molecule has 0 aliphatic carbocycles. The molecule has 154 valence electrons. The summed E-state index contributed by atoms with van der Waals surface area (Å²) in [7, 11) is 1.95. The molecule has 2 unspecified atom stereocenters. The fourth-order valence-electron chi connectivity index (χ4n) is 3.42. The maximum Gasteiger partial charge on any atom is 0.264 e. The maximum absolute atomic E-state index is 13.1. The minimum atomic E-state index is -0.550. The lowest BCUT2D eigenvalue weighted by Crippen LogP contribution is -2.52. The highest BCUT2D eigenvalue weighted by molar-refractivity contribution is 5.85. The fraction of sp³-hybridized carbons (Fsp3) is 0.524. The van der Waals surface area contributed by atoms with Gasteiger partial charge in [0.15, 0.2) is 6.10 Å². The van der Waals surface area contributed by atoms with E-state index >= 15 is 0 Å². The number of benzene rings is 1. The van der Waals surface area contributed by atoms with Crippen LogP contribution in [0.15, 0.2) is 36.7 Å². The van der Waals surface area contributed by atoms with Crippen molar-refractivity contribution in [1.29, 1.82) is 0 Å². The number of rotatable bonds is 4. The average Bonchev–Trinajstić information content (AvgIpc) is 3.06. The van der Waals surface area contributed by atoms with Crippen molar-refractivity contribution in [3.05, 3.63) is 48.0 Å². The topological polar surface area (TPSA) is 59.4 Å². The minimum Gasteiger partial charge on any atom is -0.481 e. The first-order valence-electron chi connectivity index (χ1n) is 9.53. The van der Waals surface area contributed by atoms with Gasteiger partial charge in [-0.1, -0.05) is 32.9 Å². The Morgan fingerprint density at radius 1 is 1.29 bits per heavy atom. The summed E-state index contributed by atoms with van der Waals surface area (Å²) in [6, 6.07) is 7.93. The lowest BCUT2D eigenvalue weighted by atomic mass is 9.87. The Morgan fingerprint density at radius 3 is 2.54 bits per heavy atom. The second-order valence-corrected chi connectivity index (χ2v) is 8.18. The molecule has 28 heavy (non-hydrogen) atoms. The molecule has 2 atom stereocenters. The molecule has 3 rings (SSSR count). The zero-order valence-corrected chi connectivity index (χ0v) is 18.1. The van der Waals surface area contributed by atoms with Crippen LogP contribution in [0, 0.1) is 0 Å². The molecule has 1 aromatic heterocycles. The lowest BCUT2D eigenvalue weighted by Gasteiger charge is -2.37. The zero-order chi connectivity index (χ0) is 19.6. The summed E-state index contributed by atoms with van der Waals surface area (Å²) in [4.78, 5) is 19.4. The molecule has 7 heteroatoms. The first-order chi connectivity index (χ1) is 12.8. The number of ether oxygens (including phenoxy) is 1. The Hall–Kier alpha value is -2.05. The number of hydrogen-bond acceptors (Lipinski definition) is 4. The lowest BCUT2D eigenvalue weighted by molar-refractivity contribution is -0.141. The van der Waals surface area contributed by atoms with Crippen molar-refractivity contribution < 1.29 is 9.53 Å². The highest BCUT2D eigenvalue weighted by Crippen LogP contribution is 2.26. The van der Waals surface area contributed by atoms with E-state index in [0.29, 0.717) is 18.8 Å². The molecular weight excluding hydrogens is 376 g/mol. The number of carbonyl (C=O) groups is 1. The van der Waals surface area contributed by atoms with E-state index < -0.39 is 6.10 Å². The molecule has 0 bridgehead atoms. The van der Waals surface area contributed by atoms with E-state index in [0.717, 1.165) is 12.4 Å². The molecular formula is C21H31ClN4O2. The van der Waals surface area contributed by atoms with E-state index in [-0.39, 0.29) is 29.8 Å². The number of nitrogens with one attached hydrogen (secondary N) is 1. The van der Waals surface area contributed by atoms with Crippen LogP contribution in [-0.4, -0.2) is 46.1 Å². The van der Waals surface area contributed by atoms with E-state index in [2.05, 4.69) is 43.2 Å². The highest BCUT2D eigenvalue weighted by Gasteiger charge is 2.33. The van der Waals surface area contributed by atoms with Crippen LogP contribution in [0.1, 0.15) is 45.1 Å². The summed E-state index contributed by atoms with van der Waals surface area (Å²) in [6.45, 7) is 10.5. The van der Waals surface area contributed by atoms with Gasteiger partial charge in [-0.05, 0) is 30.0 Å². The maximum atomic E-state index is 13.1. The van der Waals surface area contributed by atoms with Crippen molar-refractivity contribution in [2.24, 2.45) is 7.05 Å². The van der Waals surface area contributed by atoms with Crippen LogP contribution in [0.4, 0.5) is 0 Å². The molecule has 6 nitrogen and oxygen atoms in total. The van der Waals surface area contributed by atoms with E-state index in [1.54, 1.807) is 6.20 Å². The molecule has 1 fully saturated rings. The molecule has 1 aliphatic rings. The number of amides is 1. The van der Waals surface area contributed by atoms with Gasteiger partial charge in [-0.25, -0.2) is 4.98 Å². The van der Waals surface area contributed by atoms with Crippen LogP contribution in [0.3, 0.4) is 0 Å². The van der Waals surface area contributed by atoms with Gasteiger partial charge >= 0.3 is 0 Å². The predicted octanol–water partition coefficient (Wildman–Crippen LogP) is 3.08. The second-order valence-electron chi connectivity index (χ2n) is 8.18. The van der Waals surface area contributed by atoms with Gasteiger partial charge < -0.3 is 19.5 Å². The van der Waals surface area contributed by atoms with Gasteiger partial charge in [0.2, 0.25) is 0 Å². The number of piperazine rings is 1. The fourth-order valence-corrected chi connectivity index (χ4v) is 3.42. The van der Waals surface area contributed by atoms with Crippen LogP contribution in [0.25, 0.3) is 0 Å². The third kappa shape index (κ3) is 4.86. The molecule has 1 amide bonds. The summed E-state index contributed by atoms with van der Waals surface area (Å²) in [5, 5.41) is 3.36. The van der Waals surface area contributed by atoms with Gasteiger partial charge in [-0.3, -0.25) is 4.79 Å². The summed E-state index contributed by atoms with van der Waals surface area (Å²) in [6.07, 6.45) is 3.12. The van der Waals surface area contributed by atoms with Crippen molar-refractivity contribution >= 4 is 18.3 Å². The normalized spacial score (nSPS) is 18.3. The molecule has 1 N–H and O–H groups in total. The first-order valence-corrected chi connectivity index (χ1v) is 9.53. The summed E-state index contributed by atoms with van der Waals surface area (Å²) in [5.74, 6) is 1.59. The van der Waals surface area contributed by atoms with E-state index in [1.807, 2.05) is 41.8 Å². The third-order valence-corrected chi connectivity index (χ3v) is 5.06. The SMILES string of the molecule is CC(Oc1ccc(C(C)(C)C)cc1)C(=O)N1CCNCC1c1nccn1C.Cl. The predicted molar refractivity (Wildman–Crippen MR) is 113 cm³/mol. The number of aryl methyl sites for hydroxylation is 1. The number of imidazole rings is 1. The van der Waals surface area contributed by atoms with Gasteiger partial charge in [-0.2, -0.15) is 0 Å². The molecule has 0 saturated carbocycles. The summed E-state index contributed by atoms with van der Waals surface area (Å²) < 4.78 is 7.92. The molecule has 2 aromatic rings. The monoisotopic (exact) mass is 406 g/mol. The third-order valence-electron chi connectivity index (χ3n) is 5.06. The van der Waals surface area contributed by atoms with Crippen LogP contribution in [0.2, 0.25) is 0 Å². The molecule has 1 aromatic carbocycles. The van der Waals surface area contributed by atoms with Crippen molar-refractivity contribution in [2.75, 3.05) is 19.6 Å². The number of halogens is 1. The van der Waals surface area contributed by atoms with Gasteiger partial charge in [0.05, 0.1) is 0 Å². The van der Waals surface area contributed by atoms with Crippen LogP contribution >= 0.6 is 12.4 Å². The number of aromatic nitrogens is 2. The van der Waals surface area contributed by atoms with Gasteiger partial charge in [0.25, 0.3) is 5.91 Å². The molecule has 2 heterocycles. The summed E-state index contributed by atoms with van der Waals surface area (Å²) >= 11 is 0. The second kappa shape index (κ2) is 8.97. The molecule has 0 spiro atoms. The Kier molecular flexibility index (Phi) is 7.12. The Morgan fingerprint density at radius 2 is 1.96 bits per heavy atom. The van der Waals surface area contributed by atoms with E-state index in [9.17, 15) is 4.79 Å². The van der Waals surface area contributed by atoms with Crippen molar-refractivity contribution in [3.8, 4) is 5.75 Å². The standard InChI is InChI=1S/C21H30N4O2.ClH/c1-15(27-17-8-6-16(7-9-17)21(2,3)4)20(26)25-13-10-22-14-18(25)19-23-11-12-24(19)5;/h6-9,11-12,15,18,22H,10,13-14H2,1-5H3;1H. The van der Waals surface area contributed by atoms with Crippen LogP contribution < -0.4 is 10.1 Å². The largest absolute Gasteiger partial charge is 0.481 e. The van der Waals surface area contributed by atoms with Gasteiger partial charge in [0, 0.05) is 39.1 Å². The highest BCUT2D eigenvalue weighted by atomic mass is 35.5.